The molecule has 1 aromatic rings. The summed E-state index contributed by atoms with van der Waals surface area (Å²) in [6.45, 7) is 0.157. The van der Waals surface area contributed by atoms with Crippen LogP contribution in [0.25, 0.3) is 0 Å². The minimum Gasteiger partial charge on any atom is -0.508 e. The third kappa shape index (κ3) is 3.01. The monoisotopic (exact) mass is 204 g/mol. The lowest BCUT2D eigenvalue weighted by Crippen LogP contribution is -2.34. The maximum atomic E-state index is 11.4. The van der Waals surface area contributed by atoms with Crippen LogP contribution in [0.2, 0.25) is 0 Å². The lowest BCUT2D eigenvalue weighted by Gasteiger charge is -2.10. The largest absolute Gasteiger partial charge is 0.508 e. The van der Waals surface area contributed by atoms with Crippen molar-refractivity contribution in [3.05, 3.63) is 29.8 Å². The first-order valence-electron chi connectivity index (χ1n) is 4.41. The molecule has 78 valence electrons. The van der Waals surface area contributed by atoms with E-state index in [-0.39, 0.29) is 18.2 Å². The van der Waals surface area contributed by atoms with Crippen LogP contribution in [0.3, 0.4) is 0 Å². The fraction of sp³-hybridized carbons (Fsp3) is 0.182. The average Bonchev–Trinajstić information content (AvgIpc) is 2.26. The van der Waals surface area contributed by atoms with Crippen molar-refractivity contribution in [2.75, 3.05) is 6.54 Å². The third-order valence-corrected chi connectivity index (χ3v) is 1.90. The van der Waals surface area contributed by atoms with Crippen molar-refractivity contribution < 1.29 is 9.90 Å². The van der Waals surface area contributed by atoms with Crippen LogP contribution in [0.4, 0.5) is 0 Å². The highest BCUT2D eigenvalue weighted by molar-refractivity contribution is 5.83. The second-order valence-electron chi connectivity index (χ2n) is 2.99. The summed E-state index contributed by atoms with van der Waals surface area (Å²) in [4.78, 5) is 11.4. The van der Waals surface area contributed by atoms with Crippen molar-refractivity contribution in [3.63, 3.8) is 0 Å². The maximum Gasteiger partial charge on any atom is 0.242 e. The minimum atomic E-state index is -0.765. The molecule has 1 unspecified atom stereocenters. The molecule has 4 N–H and O–H groups in total. The Labute approximate surface area is 88.1 Å². The number of rotatable bonds is 3. The second kappa shape index (κ2) is 5.03. The van der Waals surface area contributed by atoms with Crippen molar-refractivity contribution in [1.82, 2.24) is 5.32 Å². The van der Waals surface area contributed by atoms with Crippen LogP contribution in [-0.4, -0.2) is 17.6 Å². The molecule has 0 aromatic heterocycles. The van der Waals surface area contributed by atoms with Crippen molar-refractivity contribution in [3.8, 4) is 18.1 Å². The number of terminal acetylenes is 1. The van der Waals surface area contributed by atoms with Crippen molar-refractivity contribution in [1.29, 1.82) is 0 Å². The number of phenolic OH excluding ortho intramolecular Hbond substituents is 1. The Balaban J connectivity index is 2.68. The lowest BCUT2D eigenvalue weighted by atomic mass is 10.1. The van der Waals surface area contributed by atoms with Gasteiger partial charge in [-0.3, -0.25) is 4.79 Å². The van der Waals surface area contributed by atoms with Gasteiger partial charge in [-0.05, 0) is 17.7 Å². The summed E-state index contributed by atoms with van der Waals surface area (Å²) in [7, 11) is 0. The molecule has 0 heterocycles. The van der Waals surface area contributed by atoms with Crippen LogP contribution in [0.15, 0.2) is 24.3 Å². The zero-order chi connectivity index (χ0) is 11.3. The number of carbonyl (C=O) groups excluding carboxylic acids is 1. The first kappa shape index (κ1) is 11.1. The Kier molecular flexibility index (Phi) is 3.72. The van der Waals surface area contributed by atoms with E-state index in [0.29, 0.717) is 5.56 Å². The summed E-state index contributed by atoms with van der Waals surface area (Å²) in [6, 6.07) is 5.37. The molecule has 0 saturated carbocycles. The Morgan fingerprint density at radius 1 is 1.53 bits per heavy atom. The minimum absolute atomic E-state index is 0.134. The normalized spacial score (nSPS) is 11.5. The smallest absolute Gasteiger partial charge is 0.242 e. The van der Waals surface area contributed by atoms with E-state index in [2.05, 4.69) is 11.2 Å². The van der Waals surface area contributed by atoms with E-state index in [9.17, 15) is 4.79 Å². The number of phenols is 1. The van der Waals surface area contributed by atoms with Gasteiger partial charge < -0.3 is 16.2 Å². The van der Waals surface area contributed by atoms with Crippen LogP contribution >= 0.6 is 0 Å². The summed E-state index contributed by atoms with van der Waals surface area (Å²) >= 11 is 0. The Hall–Kier alpha value is -1.99. The fourth-order valence-electron chi connectivity index (χ4n) is 1.08. The van der Waals surface area contributed by atoms with Gasteiger partial charge >= 0.3 is 0 Å². The molecule has 1 rings (SSSR count). The quantitative estimate of drug-likeness (QED) is 0.613. The van der Waals surface area contributed by atoms with E-state index in [1.54, 1.807) is 12.1 Å². The Bertz CT molecular complexity index is 379. The van der Waals surface area contributed by atoms with Gasteiger partial charge in [0, 0.05) is 0 Å². The van der Waals surface area contributed by atoms with Gasteiger partial charge in [0.05, 0.1) is 6.54 Å². The molecular formula is C11H12N2O2. The first-order chi connectivity index (χ1) is 7.15. The molecule has 0 bridgehead atoms. The Morgan fingerprint density at radius 3 is 2.67 bits per heavy atom. The van der Waals surface area contributed by atoms with Gasteiger partial charge in [0.25, 0.3) is 0 Å². The van der Waals surface area contributed by atoms with E-state index >= 15 is 0 Å². The number of amides is 1. The number of hydrogen-bond donors (Lipinski definition) is 3. The number of hydrogen-bond acceptors (Lipinski definition) is 3. The van der Waals surface area contributed by atoms with Gasteiger partial charge in [0.15, 0.2) is 0 Å². The first-order valence-corrected chi connectivity index (χ1v) is 4.41. The summed E-state index contributed by atoms with van der Waals surface area (Å²) in [5, 5.41) is 11.5. The molecule has 0 fully saturated rings. The molecule has 0 aliphatic carbocycles. The van der Waals surface area contributed by atoms with Crippen molar-refractivity contribution >= 4 is 5.91 Å². The molecule has 4 nitrogen and oxygen atoms in total. The molecule has 0 saturated heterocycles. The summed E-state index contributed by atoms with van der Waals surface area (Å²) in [5.41, 5.74) is 6.29. The van der Waals surface area contributed by atoms with Gasteiger partial charge in [0.1, 0.15) is 11.8 Å². The molecule has 0 aliphatic heterocycles. The zero-order valence-electron chi connectivity index (χ0n) is 8.10. The molecule has 0 aliphatic rings. The van der Waals surface area contributed by atoms with Crippen LogP contribution in [0.5, 0.6) is 5.75 Å². The highest BCUT2D eigenvalue weighted by Gasteiger charge is 2.14. The van der Waals surface area contributed by atoms with Gasteiger partial charge in [-0.15, -0.1) is 6.42 Å². The van der Waals surface area contributed by atoms with E-state index in [1.807, 2.05) is 0 Å². The number of carbonyl (C=O) groups is 1. The van der Waals surface area contributed by atoms with Crippen molar-refractivity contribution in [2.24, 2.45) is 5.73 Å². The topological polar surface area (TPSA) is 75.4 Å². The predicted octanol–water partition coefficient (Wildman–Crippen LogP) is 0.141. The number of nitrogens with two attached hydrogens (primary N) is 1. The van der Waals surface area contributed by atoms with E-state index < -0.39 is 6.04 Å². The van der Waals surface area contributed by atoms with E-state index in [1.165, 1.54) is 12.1 Å². The highest BCUT2D eigenvalue weighted by Crippen LogP contribution is 2.14. The predicted molar refractivity (Wildman–Crippen MR) is 56.9 cm³/mol. The highest BCUT2D eigenvalue weighted by atomic mass is 16.3. The molecule has 15 heavy (non-hydrogen) atoms. The van der Waals surface area contributed by atoms with Gasteiger partial charge in [-0.25, -0.2) is 0 Å². The summed E-state index contributed by atoms with van der Waals surface area (Å²) in [5.74, 6) is 2.09. The van der Waals surface area contributed by atoms with Gasteiger partial charge in [-0.1, -0.05) is 18.1 Å². The van der Waals surface area contributed by atoms with E-state index in [4.69, 9.17) is 17.3 Å². The number of nitrogens with one attached hydrogen (secondary N) is 1. The van der Waals surface area contributed by atoms with Gasteiger partial charge in [-0.2, -0.15) is 0 Å². The lowest BCUT2D eigenvalue weighted by molar-refractivity contribution is -0.122. The number of benzene rings is 1. The van der Waals surface area contributed by atoms with Crippen LogP contribution in [-0.2, 0) is 4.79 Å². The SMILES string of the molecule is C#CCNC(=O)C(N)c1ccc(O)cc1. The second-order valence-corrected chi connectivity index (χ2v) is 2.99. The Morgan fingerprint density at radius 2 is 2.13 bits per heavy atom. The zero-order valence-corrected chi connectivity index (χ0v) is 8.10. The molecular weight excluding hydrogens is 192 g/mol. The van der Waals surface area contributed by atoms with Crippen LogP contribution in [0, 0.1) is 12.3 Å². The molecule has 0 radical (unpaired) electrons. The molecule has 1 aromatic carbocycles. The molecule has 4 heteroatoms. The maximum absolute atomic E-state index is 11.4. The van der Waals surface area contributed by atoms with E-state index in [0.717, 1.165) is 0 Å². The van der Waals surface area contributed by atoms with Gasteiger partial charge in [0.2, 0.25) is 5.91 Å². The molecule has 0 spiro atoms. The van der Waals surface area contributed by atoms with Crippen molar-refractivity contribution in [2.45, 2.75) is 6.04 Å². The number of aromatic hydroxyl groups is 1. The van der Waals surface area contributed by atoms with Crippen LogP contribution in [0.1, 0.15) is 11.6 Å². The molecule has 1 amide bonds. The summed E-state index contributed by atoms with van der Waals surface area (Å²) in [6.07, 6.45) is 5.00. The average molecular weight is 204 g/mol. The summed E-state index contributed by atoms with van der Waals surface area (Å²) < 4.78 is 0. The fourth-order valence-corrected chi connectivity index (χ4v) is 1.08. The molecule has 1 atom stereocenters. The standard InChI is InChI=1S/C11H12N2O2/c1-2-7-13-11(15)10(12)8-3-5-9(14)6-4-8/h1,3-6,10,14H,7,12H2,(H,13,15). The van der Waals surface area contributed by atoms with Crippen LogP contribution < -0.4 is 11.1 Å². The third-order valence-electron chi connectivity index (χ3n) is 1.90.